The molecule has 1 aliphatic rings. The Kier molecular flexibility index (Phi) is 2.94. The Morgan fingerprint density at radius 1 is 1.42 bits per heavy atom. The second-order valence-corrected chi connectivity index (χ2v) is 7.11. The smallest absolute Gasteiger partial charge is 0.247 e. The third-order valence-corrected chi connectivity index (χ3v) is 4.88. The molecule has 0 bridgehead atoms. The first-order chi connectivity index (χ1) is 9.05. The largest absolute Gasteiger partial charge is 0.463 e. The van der Waals surface area contributed by atoms with Gasteiger partial charge in [-0.15, -0.1) is 11.3 Å². The van der Waals surface area contributed by atoms with Crippen molar-refractivity contribution < 1.29 is 12.8 Å². The van der Waals surface area contributed by atoms with E-state index in [0.717, 1.165) is 4.88 Å². The van der Waals surface area contributed by atoms with Crippen LogP contribution >= 0.6 is 11.3 Å². The molecule has 3 rings (SSSR count). The molecule has 1 unspecified atom stereocenters. The van der Waals surface area contributed by atoms with Crippen LogP contribution in [0, 0.1) is 0 Å². The zero-order valence-electron chi connectivity index (χ0n) is 10.2. The van der Waals surface area contributed by atoms with E-state index in [-0.39, 0.29) is 6.04 Å². The minimum Gasteiger partial charge on any atom is -0.463 e. The quantitative estimate of drug-likeness (QED) is 0.874. The highest BCUT2D eigenvalue weighted by molar-refractivity contribution is 7.88. The van der Waals surface area contributed by atoms with Crippen molar-refractivity contribution >= 4 is 27.1 Å². The third-order valence-electron chi connectivity index (χ3n) is 2.89. The molecule has 100 valence electrons. The van der Waals surface area contributed by atoms with E-state index in [0.29, 0.717) is 17.9 Å². The van der Waals surface area contributed by atoms with Crippen LogP contribution in [0.2, 0.25) is 0 Å². The van der Waals surface area contributed by atoms with Gasteiger partial charge < -0.3 is 4.42 Å². The fourth-order valence-corrected chi connectivity index (χ4v) is 3.85. The van der Waals surface area contributed by atoms with Crippen LogP contribution in [0.4, 0.5) is 0 Å². The maximum Gasteiger partial charge on any atom is 0.247 e. The lowest BCUT2D eigenvalue weighted by atomic mass is 10.1. The maximum atomic E-state index is 11.8. The summed E-state index contributed by atoms with van der Waals surface area (Å²) >= 11 is 1.53. The second kappa shape index (κ2) is 4.50. The van der Waals surface area contributed by atoms with Crippen molar-refractivity contribution in [2.45, 2.75) is 12.5 Å². The van der Waals surface area contributed by atoms with Gasteiger partial charge in [0, 0.05) is 11.3 Å². The molecule has 0 amide bonds. The number of sulfonamides is 1. The van der Waals surface area contributed by atoms with E-state index < -0.39 is 10.0 Å². The van der Waals surface area contributed by atoms with Gasteiger partial charge in [-0.3, -0.25) is 0 Å². The Morgan fingerprint density at radius 2 is 2.26 bits per heavy atom. The Bertz CT molecular complexity index is 687. The normalized spacial score (nSPS) is 19.7. The second-order valence-electron chi connectivity index (χ2n) is 4.29. The van der Waals surface area contributed by atoms with Gasteiger partial charge in [0.2, 0.25) is 10.0 Å². The van der Waals surface area contributed by atoms with E-state index in [1.54, 1.807) is 18.4 Å². The zero-order valence-corrected chi connectivity index (χ0v) is 11.8. The zero-order chi connectivity index (χ0) is 13.5. The van der Waals surface area contributed by atoms with Crippen molar-refractivity contribution in [2.75, 3.05) is 6.26 Å². The van der Waals surface area contributed by atoms with Gasteiger partial charge in [0.15, 0.2) is 0 Å². The molecule has 0 aromatic carbocycles. The van der Waals surface area contributed by atoms with Gasteiger partial charge in [-0.05, 0) is 23.6 Å². The lowest BCUT2D eigenvalue weighted by Gasteiger charge is -2.19. The summed E-state index contributed by atoms with van der Waals surface area (Å²) in [6, 6.07) is 7.12. The molecule has 0 N–H and O–H groups in total. The summed E-state index contributed by atoms with van der Waals surface area (Å²) < 4.78 is 30.2. The monoisotopic (exact) mass is 296 g/mol. The first-order valence-corrected chi connectivity index (χ1v) is 8.42. The van der Waals surface area contributed by atoms with Crippen LogP contribution in [0.25, 0.3) is 0 Å². The number of furan rings is 1. The maximum absolute atomic E-state index is 11.8. The predicted molar refractivity (Wildman–Crippen MR) is 73.6 cm³/mol. The highest BCUT2D eigenvalue weighted by Crippen LogP contribution is 2.36. The molecule has 7 heteroatoms. The van der Waals surface area contributed by atoms with Gasteiger partial charge in [0.25, 0.3) is 0 Å². The molecule has 5 nitrogen and oxygen atoms in total. The number of nitrogens with zero attached hydrogens (tertiary/aromatic N) is 2. The standard InChI is InChI=1S/C12H12N2O3S2/c1-19(15,16)14-10(12-5-3-7-18-12)8-9(13-14)11-4-2-6-17-11/h2-7,10H,8H2,1H3. The lowest BCUT2D eigenvalue weighted by molar-refractivity contribution is 0.379. The molecule has 0 fully saturated rings. The van der Waals surface area contributed by atoms with E-state index in [4.69, 9.17) is 4.42 Å². The highest BCUT2D eigenvalue weighted by Gasteiger charge is 2.35. The molecular formula is C12H12N2O3S2. The molecule has 0 spiro atoms. The summed E-state index contributed by atoms with van der Waals surface area (Å²) in [4.78, 5) is 0.982. The van der Waals surface area contributed by atoms with Crippen LogP contribution in [0.3, 0.4) is 0 Å². The fraction of sp³-hybridized carbons (Fsp3) is 0.250. The van der Waals surface area contributed by atoms with E-state index in [2.05, 4.69) is 5.10 Å². The number of thiophene rings is 1. The van der Waals surface area contributed by atoms with Crippen LogP contribution in [0.1, 0.15) is 23.1 Å². The molecule has 0 radical (unpaired) electrons. The number of hydrogen-bond acceptors (Lipinski definition) is 5. The topological polar surface area (TPSA) is 62.9 Å². The number of rotatable bonds is 3. The van der Waals surface area contributed by atoms with Gasteiger partial charge >= 0.3 is 0 Å². The Balaban J connectivity index is 2.00. The van der Waals surface area contributed by atoms with E-state index >= 15 is 0 Å². The molecule has 1 aliphatic heterocycles. The highest BCUT2D eigenvalue weighted by atomic mass is 32.2. The van der Waals surface area contributed by atoms with Crippen LogP contribution in [0.5, 0.6) is 0 Å². The summed E-state index contributed by atoms with van der Waals surface area (Å²) in [6.45, 7) is 0. The Morgan fingerprint density at radius 3 is 2.84 bits per heavy atom. The van der Waals surface area contributed by atoms with Gasteiger partial charge in [-0.1, -0.05) is 6.07 Å². The molecular weight excluding hydrogens is 284 g/mol. The van der Waals surface area contributed by atoms with Gasteiger partial charge in [-0.25, -0.2) is 8.42 Å². The molecule has 0 saturated heterocycles. The average Bonchev–Trinajstić information content (AvgIpc) is 3.09. The first-order valence-electron chi connectivity index (χ1n) is 5.70. The van der Waals surface area contributed by atoms with Crippen LogP contribution in [-0.2, 0) is 10.0 Å². The average molecular weight is 296 g/mol. The summed E-state index contributed by atoms with van der Waals surface area (Å²) in [7, 11) is -3.39. The minimum atomic E-state index is -3.39. The molecule has 0 aliphatic carbocycles. The van der Waals surface area contributed by atoms with Crippen molar-refractivity contribution in [3.63, 3.8) is 0 Å². The Hall–Kier alpha value is -1.60. The summed E-state index contributed by atoms with van der Waals surface area (Å²) in [5.74, 6) is 0.618. The van der Waals surface area contributed by atoms with Crippen LogP contribution < -0.4 is 0 Å². The van der Waals surface area contributed by atoms with Crippen LogP contribution in [0.15, 0.2) is 45.4 Å². The molecule has 0 saturated carbocycles. The summed E-state index contributed by atoms with van der Waals surface area (Å²) in [5, 5.41) is 6.15. The van der Waals surface area contributed by atoms with Crippen molar-refractivity contribution in [3.05, 3.63) is 46.5 Å². The minimum absolute atomic E-state index is 0.268. The van der Waals surface area contributed by atoms with Crippen molar-refractivity contribution in [2.24, 2.45) is 5.10 Å². The SMILES string of the molecule is CS(=O)(=O)N1N=C(c2ccco2)CC1c1cccs1. The first kappa shape index (κ1) is 12.4. The molecule has 2 aromatic heterocycles. The summed E-state index contributed by atoms with van der Waals surface area (Å²) in [5.41, 5.74) is 0.661. The fourth-order valence-electron chi connectivity index (χ4n) is 2.08. The molecule has 19 heavy (non-hydrogen) atoms. The molecule has 1 atom stereocenters. The third kappa shape index (κ3) is 2.31. The number of hydrogen-bond donors (Lipinski definition) is 0. The van der Waals surface area contributed by atoms with Gasteiger partial charge in [-0.2, -0.15) is 9.52 Å². The predicted octanol–water partition coefficient (Wildman–Crippen LogP) is 2.45. The molecule has 3 heterocycles. The van der Waals surface area contributed by atoms with Crippen LogP contribution in [-0.4, -0.2) is 24.8 Å². The molecule has 2 aromatic rings. The van der Waals surface area contributed by atoms with Crippen molar-refractivity contribution in [3.8, 4) is 0 Å². The van der Waals surface area contributed by atoms with Gasteiger partial charge in [0.05, 0.1) is 12.5 Å². The lowest BCUT2D eigenvalue weighted by Crippen LogP contribution is -2.25. The van der Waals surface area contributed by atoms with E-state index in [1.165, 1.54) is 22.0 Å². The van der Waals surface area contributed by atoms with E-state index in [1.807, 2.05) is 17.5 Å². The Labute approximate surface area is 115 Å². The van der Waals surface area contributed by atoms with Gasteiger partial charge in [0.1, 0.15) is 17.5 Å². The van der Waals surface area contributed by atoms with E-state index in [9.17, 15) is 8.42 Å². The van der Waals surface area contributed by atoms with Crippen molar-refractivity contribution in [1.29, 1.82) is 0 Å². The van der Waals surface area contributed by atoms with Crippen molar-refractivity contribution in [1.82, 2.24) is 4.41 Å². The summed E-state index contributed by atoms with van der Waals surface area (Å²) in [6.07, 6.45) is 3.25. The number of hydrazone groups is 1.